The summed E-state index contributed by atoms with van der Waals surface area (Å²) in [4.78, 5) is 0. The van der Waals surface area contributed by atoms with Crippen molar-refractivity contribution >= 4 is 0 Å². The van der Waals surface area contributed by atoms with Crippen molar-refractivity contribution in [3.8, 4) is 0 Å². The van der Waals surface area contributed by atoms with Crippen molar-refractivity contribution in [3.63, 3.8) is 0 Å². The molecule has 0 aromatic rings. The number of hydrogen-bond acceptors (Lipinski definition) is 0. The van der Waals surface area contributed by atoms with E-state index in [1.807, 2.05) is 0 Å². The molecule has 0 bridgehead atoms. The Morgan fingerprint density at radius 3 is 1.79 bits per heavy atom. The van der Waals surface area contributed by atoms with Crippen LogP contribution in [0.15, 0.2) is 0 Å². The highest BCUT2D eigenvalue weighted by Crippen LogP contribution is 2.56. The molecular formula is C34H68. The summed E-state index contributed by atoms with van der Waals surface area (Å²) in [6.45, 7) is 27.3. The van der Waals surface area contributed by atoms with Crippen molar-refractivity contribution in [2.75, 3.05) is 0 Å². The monoisotopic (exact) mass is 477 g/mol. The van der Waals surface area contributed by atoms with Crippen LogP contribution in [-0.2, 0) is 0 Å². The van der Waals surface area contributed by atoms with Gasteiger partial charge in [0.25, 0.3) is 0 Å². The predicted molar refractivity (Wildman–Crippen MR) is 156 cm³/mol. The summed E-state index contributed by atoms with van der Waals surface area (Å²) < 4.78 is 0. The van der Waals surface area contributed by atoms with Gasteiger partial charge in [0.05, 0.1) is 0 Å². The topological polar surface area (TPSA) is 0 Å². The lowest BCUT2D eigenvalue weighted by Gasteiger charge is -2.40. The highest BCUT2D eigenvalue weighted by molar-refractivity contribution is 4.98. The van der Waals surface area contributed by atoms with Gasteiger partial charge in [-0.15, -0.1) is 0 Å². The molecule has 0 aromatic heterocycles. The normalized spacial score (nSPS) is 24.0. The predicted octanol–water partition coefficient (Wildman–Crippen LogP) is 11.8. The average molecular weight is 477 g/mol. The first-order chi connectivity index (χ1) is 15.9. The molecule has 0 aliphatic heterocycles. The lowest BCUT2D eigenvalue weighted by Crippen LogP contribution is -2.32. The molecule has 204 valence electrons. The molecule has 8 atom stereocenters. The zero-order valence-electron chi connectivity index (χ0n) is 25.9. The largest absolute Gasteiger partial charge is 0.0654 e. The fraction of sp³-hybridized carbons (Fsp3) is 1.00. The summed E-state index contributed by atoms with van der Waals surface area (Å²) in [6.07, 6.45) is 18.6. The molecule has 0 heterocycles. The first-order valence-electron chi connectivity index (χ1n) is 15.9. The van der Waals surface area contributed by atoms with Gasteiger partial charge in [-0.3, -0.25) is 0 Å². The van der Waals surface area contributed by atoms with Crippen molar-refractivity contribution in [1.29, 1.82) is 0 Å². The van der Waals surface area contributed by atoms with Crippen molar-refractivity contribution in [2.45, 2.75) is 160 Å². The van der Waals surface area contributed by atoms with Gasteiger partial charge in [0.1, 0.15) is 0 Å². The van der Waals surface area contributed by atoms with E-state index in [1.54, 1.807) is 0 Å². The van der Waals surface area contributed by atoms with Gasteiger partial charge in [0, 0.05) is 0 Å². The number of unbranched alkanes of at least 4 members (excludes halogenated alkanes) is 1. The van der Waals surface area contributed by atoms with E-state index >= 15 is 0 Å². The molecule has 0 radical (unpaired) electrons. The van der Waals surface area contributed by atoms with E-state index in [-0.39, 0.29) is 0 Å². The van der Waals surface area contributed by atoms with Gasteiger partial charge in [-0.1, -0.05) is 128 Å². The van der Waals surface area contributed by atoms with Gasteiger partial charge in [-0.2, -0.15) is 0 Å². The SMILES string of the molecule is CCCC1CC1C(C(C)C)C(C)(C)CC(CC)CCCCC(C)CC(C)CC(C)CC(C)CC. The quantitative estimate of drug-likeness (QED) is 0.153. The molecule has 1 aliphatic carbocycles. The molecule has 1 fully saturated rings. The van der Waals surface area contributed by atoms with E-state index in [2.05, 4.69) is 76.2 Å². The highest BCUT2D eigenvalue weighted by atomic mass is 14.5. The minimum Gasteiger partial charge on any atom is -0.0654 e. The number of rotatable bonds is 20. The van der Waals surface area contributed by atoms with Crippen LogP contribution in [0.3, 0.4) is 0 Å². The molecule has 0 spiro atoms. The molecule has 0 nitrogen and oxygen atoms in total. The van der Waals surface area contributed by atoms with E-state index in [4.69, 9.17) is 0 Å². The van der Waals surface area contributed by atoms with Crippen molar-refractivity contribution in [2.24, 2.45) is 58.7 Å². The fourth-order valence-electron chi connectivity index (χ4n) is 8.18. The Balaban J connectivity index is 2.38. The molecule has 0 saturated heterocycles. The van der Waals surface area contributed by atoms with Crippen molar-refractivity contribution in [3.05, 3.63) is 0 Å². The third kappa shape index (κ3) is 11.8. The summed E-state index contributed by atoms with van der Waals surface area (Å²) in [7, 11) is 0. The Hall–Kier alpha value is 0. The van der Waals surface area contributed by atoms with Crippen LogP contribution in [0.2, 0.25) is 0 Å². The lowest BCUT2D eigenvalue weighted by molar-refractivity contribution is 0.0888. The van der Waals surface area contributed by atoms with Crippen LogP contribution in [0.1, 0.15) is 160 Å². The minimum atomic E-state index is 0.497. The second-order valence-electron chi connectivity index (χ2n) is 14.5. The zero-order valence-corrected chi connectivity index (χ0v) is 25.9. The number of hydrogen-bond donors (Lipinski definition) is 0. The Labute approximate surface area is 218 Å². The summed E-state index contributed by atoms with van der Waals surface area (Å²) >= 11 is 0. The molecule has 0 amide bonds. The van der Waals surface area contributed by atoms with Crippen LogP contribution in [0.5, 0.6) is 0 Å². The third-order valence-corrected chi connectivity index (χ3v) is 9.78. The van der Waals surface area contributed by atoms with Gasteiger partial charge in [-0.25, -0.2) is 0 Å². The van der Waals surface area contributed by atoms with E-state index < -0.39 is 0 Å². The first kappa shape index (κ1) is 32.0. The van der Waals surface area contributed by atoms with Crippen LogP contribution >= 0.6 is 0 Å². The summed E-state index contributed by atoms with van der Waals surface area (Å²) in [5.41, 5.74) is 0.497. The molecule has 34 heavy (non-hydrogen) atoms. The maximum absolute atomic E-state index is 2.62. The van der Waals surface area contributed by atoms with Gasteiger partial charge in [0.15, 0.2) is 0 Å². The van der Waals surface area contributed by atoms with E-state index in [9.17, 15) is 0 Å². The van der Waals surface area contributed by atoms with Crippen LogP contribution in [0, 0.1) is 58.7 Å². The smallest absolute Gasteiger partial charge is 0.0308 e. The standard InChI is InChI=1S/C34H68/c1-12-17-31-23-32(31)33(25(4)5)34(10,11)24-30(14-3)19-16-15-18-27(7)21-29(9)22-28(8)20-26(6)13-2/h25-33H,12-24H2,1-11H3. The summed E-state index contributed by atoms with van der Waals surface area (Å²) in [6, 6.07) is 0. The Kier molecular flexibility index (Phi) is 15.0. The molecular weight excluding hydrogens is 408 g/mol. The summed E-state index contributed by atoms with van der Waals surface area (Å²) in [5, 5.41) is 0. The van der Waals surface area contributed by atoms with E-state index in [0.29, 0.717) is 5.41 Å². The molecule has 1 saturated carbocycles. The maximum Gasteiger partial charge on any atom is -0.0308 e. The lowest BCUT2D eigenvalue weighted by atomic mass is 9.65. The van der Waals surface area contributed by atoms with Crippen LogP contribution in [0.25, 0.3) is 0 Å². The van der Waals surface area contributed by atoms with Gasteiger partial charge < -0.3 is 0 Å². The van der Waals surface area contributed by atoms with Crippen LogP contribution < -0.4 is 0 Å². The van der Waals surface area contributed by atoms with Gasteiger partial charge in [0.2, 0.25) is 0 Å². The average Bonchev–Trinajstić information content (AvgIpc) is 3.47. The molecule has 1 aliphatic rings. The second kappa shape index (κ2) is 16.0. The van der Waals surface area contributed by atoms with Gasteiger partial charge >= 0.3 is 0 Å². The van der Waals surface area contributed by atoms with Crippen LogP contribution in [-0.4, -0.2) is 0 Å². The molecule has 8 unspecified atom stereocenters. The molecule has 0 heteroatoms. The molecule has 0 aromatic carbocycles. The van der Waals surface area contributed by atoms with Gasteiger partial charge in [-0.05, 0) is 90.8 Å². The zero-order chi connectivity index (χ0) is 25.9. The van der Waals surface area contributed by atoms with Crippen LogP contribution in [0.4, 0.5) is 0 Å². The fourth-order valence-corrected chi connectivity index (χ4v) is 8.18. The molecule has 0 N–H and O–H groups in total. The van der Waals surface area contributed by atoms with Crippen molar-refractivity contribution in [1.82, 2.24) is 0 Å². The summed E-state index contributed by atoms with van der Waals surface area (Å²) in [5.74, 6) is 8.32. The van der Waals surface area contributed by atoms with Crippen molar-refractivity contribution < 1.29 is 0 Å². The third-order valence-electron chi connectivity index (χ3n) is 9.78. The van der Waals surface area contributed by atoms with E-state index in [0.717, 1.165) is 53.3 Å². The Morgan fingerprint density at radius 1 is 0.706 bits per heavy atom. The minimum absolute atomic E-state index is 0.497. The first-order valence-corrected chi connectivity index (χ1v) is 15.9. The maximum atomic E-state index is 2.62. The van der Waals surface area contributed by atoms with E-state index in [1.165, 1.54) is 83.5 Å². The Bertz CT molecular complexity index is 502. The Morgan fingerprint density at radius 2 is 1.26 bits per heavy atom. The highest BCUT2D eigenvalue weighted by Gasteiger charge is 2.49. The molecule has 1 rings (SSSR count). The second-order valence-corrected chi connectivity index (χ2v) is 14.5.